The molecule has 2 fully saturated rings. The molecule has 0 atom stereocenters. The number of methoxy groups -OCH3 is 1. The molecule has 3 heterocycles. The second kappa shape index (κ2) is 10.0. The van der Waals surface area contributed by atoms with E-state index in [1.165, 1.54) is 26.2 Å². The molecule has 0 bridgehead atoms. The Hall–Kier alpha value is -3.00. The topological polar surface area (TPSA) is 98.8 Å². The van der Waals surface area contributed by atoms with Gasteiger partial charge in [0.2, 0.25) is 10.0 Å². The smallest absolute Gasteiger partial charge is 0.235 e. The van der Waals surface area contributed by atoms with Crippen molar-refractivity contribution in [1.29, 1.82) is 0 Å². The first kappa shape index (κ1) is 25.6. The predicted octanol–water partition coefficient (Wildman–Crippen LogP) is 2.00. The van der Waals surface area contributed by atoms with E-state index in [1.807, 2.05) is 12.3 Å². The average molecular weight is 537 g/mol. The van der Waals surface area contributed by atoms with Crippen LogP contribution in [0.2, 0.25) is 0 Å². The van der Waals surface area contributed by atoms with Gasteiger partial charge in [0.15, 0.2) is 11.6 Å². The van der Waals surface area contributed by atoms with Crippen LogP contribution in [-0.4, -0.2) is 76.6 Å². The van der Waals surface area contributed by atoms with Crippen molar-refractivity contribution in [2.24, 2.45) is 0 Å². The number of rotatable bonds is 9. The van der Waals surface area contributed by atoms with Crippen molar-refractivity contribution >= 4 is 32.8 Å². The summed E-state index contributed by atoms with van der Waals surface area (Å²) in [5.41, 5.74) is 7.14. The summed E-state index contributed by atoms with van der Waals surface area (Å²) in [7, 11) is -0.165. The fourth-order valence-electron chi connectivity index (χ4n) is 4.82. The Balaban J connectivity index is 1.33. The van der Waals surface area contributed by atoms with Crippen LogP contribution in [0.3, 0.4) is 0 Å². The number of nitrogens with one attached hydrogen (secondary N) is 3. The molecule has 10 nitrogen and oxygen atoms in total. The fourth-order valence-corrected chi connectivity index (χ4v) is 5.81. The lowest BCUT2D eigenvalue weighted by molar-refractivity contribution is -0.920. The first-order valence-corrected chi connectivity index (χ1v) is 13.9. The monoisotopic (exact) mass is 536 g/mol. The number of anilines is 3. The van der Waals surface area contributed by atoms with Crippen LogP contribution in [0.1, 0.15) is 18.4 Å². The molecule has 2 aliphatic heterocycles. The predicted molar refractivity (Wildman–Crippen MR) is 138 cm³/mol. The Kier molecular flexibility index (Phi) is 6.96. The van der Waals surface area contributed by atoms with Crippen molar-refractivity contribution in [1.82, 2.24) is 15.9 Å². The number of ether oxygens (including phenoxy) is 1. The summed E-state index contributed by atoms with van der Waals surface area (Å²) in [5, 5.41) is 1.14. The van der Waals surface area contributed by atoms with Gasteiger partial charge in [0.05, 0.1) is 74.9 Å². The normalized spacial score (nSPS) is 19.5. The maximum atomic E-state index is 15.2. The van der Waals surface area contributed by atoms with E-state index in [0.717, 1.165) is 65.1 Å². The van der Waals surface area contributed by atoms with Crippen molar-refractivity contribution in [3.63, 3.8) is 0 Å². The van der Waals surface area contributed by atoms with Gasteiger partial charge in [-0.25, -0.2) is 17.2 Å². The van der Waals surface area contributed by atoms with Gasteiger partial charge >= 0.3 is 0 Å². The Morgan fingerprint density at radius 2 is 1.97 bits per heavy atom. The highest BCUT2D eigenvalue weighted by molar-refractivity contribution is 7.92. The SMILES string of the molecule is COCCS(=O)(=O)Nc1ccc(F)c(N2C=C(c3cncc(N4CC[N+](C)(C5CC5)CC4)c3)NN2)c1F. The third-order valence-corrected chi connectivity index (χ3v) is 8.52. The van der Waals surface area contributed by atoms with E-state index in [4.69, 9.17) is 4.74 Å². The van der Waals surface area contributed by atoms with Crippen molar-refractivity contribution in [2.75, 3.05) is 67.3 Å². The Morgan fingerprint density at radius 1 is 1.22 bits per heavy atom. The van der Waals surface area contributed by atoms with Crippen molar-refractivity contribution in [3.05, 3.63) is 54.0 Å². The van der Waals surface area contributed by atoms with E-state index in [2.05, 4.69) is 32.6 Å². The van der Waals surface area contributed by atoms with Gasteiger partial charge in [-0.15, -0.1) is 5.53 Å². The van der Waals surface area contributed by atoms with Crippen LogP contribution in [0.5, 0.6) is 0 Å². The Labute approximate surface area is 215 Å². The summed E-state index contributed by atoms with van der Waals surface area (Å²) in [6.45, 7) is 4.01. The fraction of sp³-hybridized carbons (Fsp3) is 0.458. The molecule has 0 unspecified atom stereocenters. The zero-order chi connectivity index (χ0) is 26.2. The lowest BCUT2D eigenvalue weighted by Gasteiger charge is -2.43. The number of nitrogens with zero attached hydrogens (tertiary/aromatic N) is 4. The molecule has 5 rings (SSSR count). The second-order valence-electron chi connectivity index (χ2n) is 9.90. The van der Waals surface area contributed by atoms with Gasteiger partial charge in [0.1, 0.15) is 5.69 Å². The minimum Gasteiger partial charge on any atom is -0.384 e. The number of likely N-dealkylation sites (N-methyl/N-ethyl adjacent to an activating group) is 1. The van der Waals surface area contributed by atoms with Crippen LogP contribution in [0.4, 0.5) is 25.8 Å². The number of piperazine rings is 1. The lowest BCUT2D eigenvalue weighted by Crippen LogP contribution is -2.58. The second-order valence-corrected chi connectivity index (χ2v) is 11.7. The molecular formula is C24H32F2N7O3S+. The molecule has 0 radical (unpaired) electrons. The van der Waals surface area contributed by atoms with Crippen molar-refractivity contribution < 1.29 is 26.4 Å². The molecule has 0 amide bonds. The minimum absolute atomic E-state index is 0.0573. The molecule has 1 aromatic heterocycles. The molecular weight excluding hydrogens is 504 g/mol. The van der Waals surface area contributed by atoms with Crippen LogP contribution in [-0.2, 0) is 14.8 Å². The van der Waals surface area contributed by atoms with Gasteiger partial charge in [-0.05, 0) is 18.2 Å². The van der Waals surface area contributed by atoms with Gasteiger partial charge in [-0.3, -0.25) is 14.7 Å². The van der Waals surface area contributed by atoms with Gasteiger partial charge in [-0.2, -0.15) is 0 Å². The first-order valence-electron chi connectivity index (χ1n) is 12.2. The molecule has 1 saturated carbocycles. The summed E-state index contributed by atoms with van der Waals surface area (Å²) >= 11 is 0. The first-order chi connectivity index (χ1) is 17.7. The number of sulfonamides is 1. The molecule has 37 heavy (non-hydrogen) atoms. The summed E-state index contributed by atoms with van der Waals surface area (Å²) in [6, 6.07) is 4.85. The highest BCUT2D eigenvalue weighted by atomic mass is 32.2. The highest BCUT2D eigenvalue weighted by Gasteiger charge is 2.43. The van der Waals surface area contributed by atoms with Crippen LogP contribution in [0, 0.1) is 11.6 Å². The third kappa shape index (κ3) is 5.49. The summed E-state index contributed by atoms with van der Waals surface area (Å²) in [5.74, 6) is -2.27. The number of quaternary nitrogens is 1. The molecule has 2 aromatic rings. The molecule has 1 saturated heterocycles. The maximum absolute atomic E-state index is 15.2. The molecule has 3 N–H and O–H groups in total. The van der Waals surface area contributed by atoms with E-state index >= 15 is 4.39 Å². The molecule has 1 aliphatic carbocycles. The molecule has 1 aromatic carbocycles. The van der Waals surface area contributed by atoms with Crippen molar-refractivity contribution in [3.8, 4) is 0 Å². The van der Waals surface area contributed by atoms with Gasteiger partial charge < -0.3 is 19.5 Å². The standard InChI is InChI=1S/C24H32F2N7O3S/c1-33(19-3-4-19)9-7-31(8-10-33)18-13-17(14-27-15-18)22-16-32(30-28-22)24-20(25)5-6-21(23(24)26)29-37(34,35)12-11-36-2/h5-6,13-16,19,28-30H,3-4,7-12H2,1-2H3/q+1. The van der Waals surface area contributed by atoms with Crippen LogP contribution < -0.4 is 25.6 Å². The van der Waals surface area contributed by atoms with E-state index in [9.17, 15) is 12.8 Å². The zero-order valence-electron chi connectivity index (χ0n) is 20.9. The number of aromatic nitrogens is 1. The largest absolute Gasteiger partial charge is 0.384 e. The summed E-state index contributed by atoms with van der Waals surface area (Å²) < 4.78 is 62.4. The van der Waals surface area contributed by atoms with Crippen molar-refractivity contribution in [2.45, 2.75) is 18.9 Å². The zero-order valence-corrected chi connectivity index (χ0v) is 21.7. The third-order valence-electron chi connectivity index (χ3n) is 7.29. The van der Waals surface area contributed by atoms with Gasteiger partial charge in [-0.1, -0.05) is 0 Å². The minimum atomic E-state index is -3.87. The maximum Gasteiger partial charge on any atom is 0.235 e. The van der Waals surface area contributed by atoms with Crippen LogP contribution in [0.25, 0.3) is 5.70 Å². The number of hydrogen-bond acceptors (Lipinski definition) is 8. The van der Waals surface area contributed by atoms with Gasteiger partial charge in [0, 0.05) is 37.9 Å². The highest BCUT2D eigenvalue weighted by Crippen LogP contribution is 2.35. The van der Waals surface area contributed by atoms with E-state index in [1.54, 1.807) is 6.20 Å². The van der Waals surface area contributed by atoms with Crippen LogP contribution >= 0.6 is 0 Å². The Bertz CT molecular complexity index is 1300. The number of benzene rings is 1. The summed E-state index contributed by atoms with van der Waals surface area (Å²) in [6.07, 6.45) is 7.65. The molecule has 0 spiro atoms. The van der Waals surface area contributed by atoms with Crippen LogP contribution in [0.15, 0.2) is 36.8 Å². The van der Waals surface area contributed by atoms with E-state index in [-0.39, 0.29) is 18.0 Å². The lowest BCUT2D eigenvalue weighted by atomic mass is 10.1. The van der Waals surface area contributed by atoms with Gasteiger partial charge in [0.25, 0.3) is 0 Å². The average Bonchev–Trinajstić information content (AvgIpc) is 3.64. The quantitative estimate of drug-likeness (QED) is 0.419. The Morgan fingerprint density at radius 3 is 2.68 bits per heavy atom. The number of halogens is 2. The van der Waals surface area contributed by atoms with E-state index < -0.39 is 27.3 Å². The number of hydrazine groups is 2. The molecule has 3 aliphatic rings. The van der Waals surface area contributed by atoms with E-state index in [0.29, 0.717) is 5.70 Å². The molecule has 200 valence electrons. The molecule has 13 heteroatoms. The number of pyridine rings is 1. The number of hydrogen-bond donors (Lipinski definition) is 3. The summed E-state index contributed by atoms with van der Waals surface area (Å²) in [4.78, 5) is 6.71.